The van der Waals surface area contributed by atoms with Crippen LogP contribution >= 0.6 is 0 Å². The van der Waals surface area contributed by atoms with Gasteiger partial charge < -0.3 is 0 Å². The molecule has 4 rings (SSSR count). The zero-order chi connectivity index (χ0) is 11.9. The first-order chi connectivity index (χ1) is 8.92. The highest BCUT2D eigenvalue weighted by Gasteiger charge is 2.10. The Bertz CT molecular complexity index is 830. The second-order valence-electron chi connectivity index (χ2n) is 4.38. The summed E-state index contributed by atoms with van der Waals surface area (Å²) in [6.45, 7) is 0. The Hall–Kier alpha value is -2.48. The van der Waals surface area contributed by atoms with Crippen molar-refractivity contribution in [1.29, 1.82) is 0 Å². The fourth-order valence-electron chi connectivity index (χ4n) is 2.40. The molecule has 2 heteroatoms. The normalized spacial score (nSPS) is 11.3. The molecule has 2 aliphatic rings. The largest absolute Gasteiger partial charge is 0.256 e. The lowest BCUT2D eigenvalue weighted by molar-refractivity contribution is 1.42. The molecule has 0 bridgehead atoms. The Kier molecular flexibility index (Phi) is 1.86. The average Bonchev–Trinajstić information content (AvgIpc) is 2.65. The molecule has 2 nitrogen and oxygen atoms in total. The number of rotatable bonds is 0. The Morgan fingerprint density at radius 1 is 0.778 bits per heavy atom. The van der Waals surface area contributed by atoms with Gasteiger partial charge in [-0.15, -0.1) is 0 Å². The van der Waals surface area contributed by atoms with Gasteiger partial charge in [-0.2, -0.15) is 0 Å². The van der Waals surface area contributed by atoms with E-state index in [1.54, 1.807) is 0 Å². The summed E-state index contributed by atoms with van der Waals surface area (Å²) in [5, 5.41) is 2.33. The van der Waals surface area contributed by atoms with Crippen LogP contribution in [-0.4, -0.2) is 9.97 Å². The SMILES string of the molecule is c1cnc2cc3c4ccccc4nc-3ccc2c1. The van der Waals surface area contributed by atoms with Crippen LogP contribution in [0.2, 0.25) is 0 Å². The topological polar surface area (TPSA) is 25.8 Å². The molecule has 0 radical (unpaired) electrons. The van der Waals surface area contributed by atoms with Gasteiger partial charge in [0.1, 0.15) is 0 Å². The molecule has 1 aliphatic carbocycles. The van der Waals surface area contributed by atoms with Crippen LogP contribution in [0.5, 0.6) is 0 Å². The summed E-state index contributed by atoms with van der Waals surface area (Å²) in [5.41, 5.74) is 4.24. The van der Waals surface area contributed by atoms with Crippen LogP contribution in [0.3, 0.4) is 0 Å². The van der Waals surface area contributed by atoms with E-state index in [4.69, 9.17) is 0 Å². The molecule has 84 valence electrons. The van der Waals surface area contributed by atoms with Crippen molar-refractivity contribution in [3.8, 4) is 11.3 Å². The minimum absolute atomic E-state index is 1.01. The van der Waals surface area contributed by atoms with Crippen molar-refractivity contribution in [2.45, 2.75) is 0 Å². The van der Waals surface area contributed by atoms with E-state index in [0.717, 1.165) is 22.1 Å². The summed E-state index contributed by atoms with van der Waals surface area (Å²) in [6, 6.07) is 18.5. The maximum Gasteiger partial charge on any atom is 0.0717 e. The number of hydrogen-bond acceptors (Lipinski definition) is 2. The molecule has 2 heterocycles. The van der Waals surface area contributed by atoms with E-state index in [-0.39, 0.29) is 0 Å². The van der Waals surface area contributed by atoms with Gasteiger partial charge in [-0.05, 0) is 24.3 Å². The number of fused-ring (bicyclic) bond motifs is 4. The molecular weight excluding hydrogens is 220 g/mol. The van der Waals surface area contributed by atoms with E-state index < -0.39 is 0 Å². The smallest absolute Gasteiger partial charge is 0.0717 e. The maximum atomic E-state index is 4.65. The zero-order valence-corrected chi connectivity index (χ0v) is 9.67. The van der Waals surface area contributed by atoms with Gasteiger partial charge in [-0.3, -0.25) is 4.98 Å². The highest BCUT2D eigenvalue weighted by atomic mass is 14.7. The molecular formula is C16H10N2. The molecule has 1 aromatic carbocycles. The minimum atomic E-state index is 1.01. The van der Waals surface area contributed by atoms with Crippen molar-refractivity contribution in [2.75, 3.05) is 0 Å². The second kappa shape index (κ2) is 3.50. The molecule has 0 fully saturated rings. The van der Waals surface area contributed by atoms with Crippen molar-refractivity contribution in [3.63, 3.8) is 0 Å². The summed E-state index contributed by atoms with van der Waals surface area (Å²) < 4.78 is 0. The van der Waals surface area contributed by atoms with Crippen molar-refractivity contribution < 1.29 is 0 Å². The van der Waals surface area contributed by atoms with Gasteiger partial charge in [0.05, 0.1) is 16.7 Å². The van der Waals surface area contributed by atoms with Crippen LogP contribution < -0.4 is 0 Å². The lowest BCUT2D eigenvalue weighted by atomic mass is 10.1. The standard InChI is InChI=1S/C16H10N2/c1-2-6-14-12(5-1)13-10-16-11(4-3-9-17-16)7-8-15(13)18-14/h1-10H. The number of hydrogen-bond donors (Lipinski definition) is 0. The van der Waals surface area contributed by atoms with Crippen molar-refractivity contribution in [3.05, 3.63) is 60.8 Å². The summed E-state index contributed by atoms with van der Waals surface area (Å²) in [6.07, 6.45) is 1.83. The molecule has 0 unspecified atom stereocenters. The van der Waals surface area contributed by atoms with Crippen LogP contribution in [0.25, 0.3) is 33.1 Å². The third kappa shape index (κ3) is 1.29. The van der Waals surface area contributed by atoms with E-state index in [9.17, 15) is 0 Å². The van der Waals surface area contributed by atoms with Crippen LogP contribution in [0.4, 0.5) is 0 Å². The Morgan fingerprint density at radius 2 is 1.72 bits per heavy atom. The Morgan fingerprint density at radius 3 is 2.72 bits per heavy atom. The van der Waals surface area contributed by atoms with Gasteiger partial charge in [-0.1, -0.05) is 30.3 Å². The van der Waals surface area contributed by atoms with Crippen LogP contribution in [0, 0.1) is 0 Å². The number of benzene rings is 1. The zero-order valence-electron chi connectivity index (χ0n) is 9.67. The predicted molar refractivity (Wildman–Crippen MR) is 73.7 cm³/mol. The molecule has 18 heavy (non-hydrogen) atoms. The predicted octanol–water partition coefficient (Wildman–Crippen LogP) is 3.89. The first-order valence-electron chi connectivity index (χ1n) is 5.95. The molecule has 0 saturated carbocycles. The first kappa shape index (κ1) is 9.54. The lowest BCUT2D eigenvalue weighted by Gasteiger charge is -1.92. The lowest BCUT2D eigenvalue weighted by Crippen LogP contribution is -1.72. The summed E-state index contributed by atoms with van der Waals surface area (Å²) in [7, 11) is 0. The fraction of sp³-hybridized carbons (Fsp3) is 0. The van der Waals surface area contributed by atoms with Gasteiger partial charge in [0.15, 0.2) is 0 Å². The summed E-state index contributed by atoms with van der Waals surface area (Å²) >= 11 is 0. The molecule has 0 saturated heterocycles. The quantitative estimate of drug-likeness (QED) is 0.458. The molecule has 0 atom stereocenters. The van der Waals surface area contributed by atoms with Gasteiger partial charge in [-0.25, -0.2) is 4.98 Å². The van der Waals surface area contributed by atoms with Crippen molar-refractivity contribution in [1.82, 2.24) is 9.97 Å². The monoisotopic (exact) mass is 230 g/mol. The van der Waals surface area contributed by atoms with E-state index in [1.165, 1.54) is 10.9 Å². The Labute approximate surface area is 104 Å². The van der Waals surface area contributed by atoms with Crippen LogP contribution in [-0.2, 0) is 0 Å². The average molecular weight is 230 g/mol. The molecule has 2 aromatic rings. The molecule has 1 aliphatic heterocycles. The van der Waals surface area contributed by atoms with E-state index in [2.05, 4.69) is 40.3 Å². The number of pyridine rings is 1. The highest BCUT2D eigenvalue weighted by Crippen LogP contribution is 2.31. The fourth-order valence-corrected chi connectivity index (χ4v) is 2.40. The van der Waals surface area contributed by atoms with Crippen molar-refractivity contribution >= 4 is 21.8 Å². The summed E-state index contributed by atoms with van der Waals surface area (Å²) in [4.78, 5) is 9.08. The molecule has 0 spiro atoms. The third-order valence-corrected chi connectivity index (χ3v) is 3.28. The van der Waals surface area contributed by atoms with Gasteiger partial charge in [0.2, 0.25) is 0 Å². The second-order valence-corrected chi connectivity index (χ2v) is 4.38. The van der Waals surface area contributed by atoms with Gasteiger partial charge in [0, 0.05) is 22.5 Å². The summed E-state index contributed by atoms with van der Waals surface area (Å²) in [5.74, 6) is 0. The maximum absolute atomic E-state index is 4.65. The molecule has 1 aromatic heterocycles. The van der Waals surface area contributed by atoms with Crippen LogP contribution in [0.15, 0.2) is 60.8 Å². The van der Waals surface area contributed by atoms with E-state index >= 15 is 0 Å². The number of nitrogens with zero attached hydrogens (tertiary/aromatic N) is 2. The van der Waals surface area contributed by atoms with E-state index in [0.29, 0.717) is 0 Å². The van der Waals surface area contributed by atoms with E-state index in [1.807, 2.05) is 30.5 Å². The number of aromatic nitrogens is 2. The first-order valence-corrected chi connectivity index (χ1v) is 5.95. The van der Waals surface area contributed by atoms with Gasteiger partial charge in [0.25, 0.3) is 0 Å². The van der Waals surface area contributed by atoms with Gasteiger partial charge >= 0.3 is 0 Å². The third-order valence-electron chi connectivity index (χ3n) is 3.28. The number of para-hydroxylation sites is 1. The Balaban J connectivity index is 2.23. The molecule has 0 amide bonds. The molecule has 0 N–H and O–H groups in total. The highest BCUT2D eigenvalue weighted by molar-refractivity contribution is 5.99. The van der Waals surface area contributed by atoms with Crippen LogP contribution in [0.1, 0.15) is 0 Å². The van der Waals surface area contributed by atoms with Crippen molar-refractivity contribution in [2.24, 2.45) is 0 Å². The minimum Gasteiger partial charge on any atom is -0.256 e.